The van der Waals surface area contributed by atoms with Gasteiger partial charge >= 0.3 is 11.9 Å². The first-order valence-electron chi connectivity index (χ1n) is 4.26. The van der Waals surface area contributed by atoms with Crippen molar-refractivity contribution in [2.24, 2.45) is 0 Å². The fourth-order valence-corrected chi connectivity index (χ4v) is 1.24. The lowest BCUT2D eigenvalue weighted by molar-refractivity contribution is -0.387. The average molecular weight is 272 g/mol. The molecule has 0 aliphatic heterocycles. The van der Waals surface area contributed by atoms with Crippen molar-refractivity contribution in [1.29, 1.82) is 0 Å². The van der Waals surface area contributed by atoms with Crippen LogP contribution in [0, 0.1) is 10.1 Å². The number of halogens is 5. The van der Waals surface area contributed by atoms with Gasteiger partial charge in [0, 0.05) is 6.20 Å². The molecular formula is C8H5F5N2O3. The molecule has 0 N–H and O–H groups in total. The number of methoxy groups -OCH3 is 1. The summed E-state index contributed by atoms with van der Waals surface area (Å²) in [4.78, 5) is 12.0. The Morgan fingerprint density at radius 3 is 2.33 bits per heavy atom. The minimum atomic E-state index is -5.00. The van der Waals surface area contributed by atoms with Crippen LogP contribution in [0.4, 0.5) is 27.6 Å². The Balaban J connectivity index is 3.64. The monoisotopic (exact) mass is 272 g/mol. The molecular weight excluding hydrogens is 267 g/mol. The minimum absolute atomic E-state index is 0.0767. The second-order valence-electron chi connectivity index (χ2n) is 2.99. The van der Waals surface area contributed by atoms with Crippen LogP contribution in [-0.2, 0) is 6.18 Å². The van der Waals surface area contributed by atoms with E-state index in [4.69, 9.17) is 0 Å². The van der Waals surface area contributed by atoms with Crippen LogP contribution in [0.3, 0.4) is 0 Å². The molecule has 0 atom stereocenters. The summed E-state index contributed by atoms with van der Waals surface area (Å²) in [6.45, 7) is 0. The molecule has 0 bridgehead atoms. The van der Waals surface area contributed by atoms with Gasteiger partial charge in [-0.15, -0.1) is 0 Å². The second-order valence-corrected chi connectivity index (χ2v) is 2.99. The Morgan fingerprint density at radius 1 is 1.44 bits per heavy atom. The van der Waals surface area contributed by atoms with Crippen LogP contribution in [-0.4, -0.2) is 17.0 Å². The van der Waals surface area contributed by atoms with Crippen molar-refractivity contribution in [1.82, 2.24) is 4.98 Å². The number of hydrogen-bond acceptors (Lipinski definition) is 4. The summed E-state index contributed by atoms with van der Waals surface area (Å²) in [5.41, 5.74) is -4.44. The number of aromatic nitrogens is 1. The van der Waals surface area contributed by atoms with Gasteiger partial charge in [-0.1, -0.05) is 0 Å². The maximum absolute atomic E-state index is 12.5. The lowest BCUT2D eigenvalue weighted by Gasteiger charge is -2.12. The third kappa shape index (κ3) is 2.46. The summed E-state index contributed by atoms with van der Waals surface area (Å²) in [5, 5.41) is 10.6. The molecule has 0 aliphatic carbocycles. The second kappa shape index (κ2) is 4.70. The zero-order chi connectivity index (χ0) is 14.1. The predicted molar refractivity (Wildman–Crippen MR) is 47.4 cm³/mol. The van der Waals surface area contributed by atoms with Crippen LogP contribution < -0.4 is 4.74 Å². The SMILES string of the molecule is COc1c(C(F)(F)F)cnc(C(F)F)c1[N+](=O)[O-]. The highest BCUT2D eigenvalue weighted by Gasteiger charge is 2.41. The maximum atomic E-state index is 12.5. The summed E-state index contributed by atoms with van der Waals surface area (Å²) in [7, 11) is 0.715. The smallest absolute Gasteiger partial charge is 0.421 e. The highest BCUT2D eigenvalue weighted by molar-refractivity contribution is 5.55. The van der Waals surface area contributed by atoms with E-state index in [1.54, 1.807) is 0 Å². The number of ether oxygens (including phenoxy) is 1. The van der Waals surface area contributed by atoms with Gasteiger partial charge < -0.3 is 4.74 Å². The van der Waals surface area contributed by atoms with Crippen molar-refractivity contribution in [3.63, 3.8) is 0 Å². The number of alkyl halides is 5. The van der Waals surface area contributed by atoms with Crippen LogP contribution in [0.2, 0.25) is 0 Å². The van der Waals surface area contributed by atoms with E-state index in [9.17, 15) is 32.1 Å². The van der Waals surface area contributed by atoms with E-state index >= 15 is 0 Å². The number of nitro groups is 1. The van der Waals surface area contributed by atoms with Gasteiger partial charge in [0.1, 0.15) is 5.56 Å². The van der Waals surface area contributed by atoms with Crippen LogP contribution in [0.25, 0.3) is 0 Å². The molecule has 5 nitrogen and oxygen atoms in total. The summed E-state index contributed by atoms with van der Waals surface area (Å²) in [5.74, 6) is -1.28. The summed E-state index contributed by atoms with van der Waals surface area (Å²) in [6.07, 6.45) is -8.31. The standard InChI is InChI=1S/C8H5F5N2O3/c1-18-6-3(8(11,12)13)2-14-4(7(9)10)5(6)15(16)17/h2,7H,1H3. The number of hydrogen-bond donors (Lipinski definition) is 0. The molecule has 0 spiro atoms. The van der Waals surface area contributed by atoms with E-state index in [0.29, 0.717) is 7.11 Å². The van der Waals surface area contributed by atoms with Crippen molar-refractivity contribution in [3.05, 3.63) is 27.6 Å². The molecule has 1 rings (SSSR count). The lowest BCUT2D eigenvalue weighted by Crippen LogP contribution is -2.12. The highest BCUT2D eigenvalue weighted by atomic mass is 19.4. The molecule has 0 aliphatic rings. The van der Waals surface area contributed by atoms with Crippen molar-refractivity contribution in [3.8, 4) is 5.75 Å². The van der Waals surface area contributed by atoms with Crippen LogP contribution in [0.1, 0.15) is 17.7 Å². The van der Waals surface area contributed by atoms with E-state index in [2.05, 4.69) is 9.72 Å². The van der Waals surface area contributed by atoms with Gasteiger partial charge in [0.05, 0.1) is 12.0 Å². The minimum Gasteiger partial charge on any atom is -0.490 e. The largest absolute Gasteiger partial charge is 0.490 e. The van der Waals surface area contributed by atoms with Gasteiger partial charge in [-0.05, 0) is 0 Å². The summed E-state index contributed by atoms with van der Waals surface area (Å²) >= 11 is 0. The van der Waals surface area contributed by atoms with Gasteiger partial charge in [0.2, 0.25) is 5.75 Å². The number of nitrogens with zero attached hydrogens (tertiary/aromatic N) is 2. The normalized spacial score (nSPS) is 11.7. The van der Waals surface area contributed by atoms with Gasteiger partial charge in [0.15, 0.2) is 5.69 Å². The first kappa shape index (κ1) is 14.1. The molecule has 18 heavy (non-hydrogen) atoms. The van der Waals surface area contributed by atoms with Crippen molar-refractivity contribution in [2.45, 2.75) is 12.6 Å². The Hall–Kier alpha value is -2.00. The van der Waals surface area contributed by atoms with Crippen molar-refractivity contribution < 1.29 is 31.6 Å². The van der Waals surface area contributed by atoms with Crippen LogP contribution >= 0.6 is 0 Å². The zero-order valence-corrected chi connectivity index (χ0v) is 8.66. The zero-order valence-electron chi connectivity index (χ0n) is 8.66. The Morgan fingerprint density at radius 2 is 2.00 bits per heavy atom. The van der Waals surface area contributed by atoms with Crippen molar-refractivity contribution in [2.75, 3.05) is 7.11 Å². The molecule has 0 radical (unpaired) electrons. The number of rotatable bonds is 3. The fraction of sp³-hybridized carbons (Fsp3) is 0.375. The molecule has 0 saturated carbocycles. The third-order valence-corrected chi connectivity index (χ3v) is 1.93. The maximum Gasteiger partial charge on any atom is 0.421 e. The Bertz CT molecular complexity index is 475. The number of pyridine rings is 1. The molecule has 0 fully saturated rings. The Labute approximate surface area is 96.3 Å². The van der Waals surface area contributed by atoms with Gasteiger partial charge in [-0.2, -0.15) is 13.2 Å². The lowest BCUT2D eigenvalue weighted by atomic mass is 10.2. The first-order valence-corrected chi connectivity index (χ1v) is 4.26. The third-order valence-electron chi connectivity index (χ3n) is 1.93. The molecule has 1 aromatic rings. The molecule has 1 heterocycles. The highest BCUT2D eigenvalue weighted by Crippen LogP contribution is 2.43. The first-order chi connectivity index (χ1) is 8.20. The molecule has 0 unspecified atom stereocenters. The molecule has 1 aromatic heterocycles. The van der Waals surface area contributed by atoms with Crippen molar-refractivity contribution >= 4 is 5.69 Å². The van der Waals surface area contributed by atoms with E-state index in [0.717, 1.165) is 0 Å². The molecule has 0 aromatic carbocycles. The topological polar surface area (TPSA) is 65.3 Å². The van der Waals surface area contributed by atoms with E-state index < -0.39 is 40.2 Å². The van der Waals surface area contributed by atoms with E-state index in [-0.39, 0.29) is 6.20 Å². The fourth-order valence-electron chi connectivity index (χ4n) is 1.24. The molecule has 0 saturated heterocycles. The predicted octanol–water partition coefficient (Wildman–Crippen LogP) is 2.95. The quantitative estimate of drug-likeness (QED) is 0.482. The van der Waals surface area contributed by atoms with Crippen LogP contribution in [0.5, 0.6) is 5.75 Å². The van der Waals surface area contributed by atoms with Gasteiger partial charge in [-0.25, -0.2) is 13.8 Å². The van der Waals surface area contributed by atoms with Gasteiger partial charge in [0.25, 0.3) is 6.43 Å². The van der Waals surface area contributed by atoms with Crippen LogP contribution in [0.15, 0.2) is 6.20 Å². The average Bonchev–Trinajstić information content (AvgIpc) is 2.25. The molecule has 10 heteroatoms. The molecule has 100 valence electrons. The summed E-state index contributed by atoms with van der Waals surface area (Å²) < 4.78 is 66.5. The summed E-state index contributed by atoms with van der Waals surface area (Å²) in [6, 6.07) is 0. The Kier molecular flexibility index (Phi) is 3.67. The van der Waals surface area contributed by atoms with E-state index in [1.807, 2.05) is 0 Å². The van der Waals surface area contributed by atoms with Gasteiger partial charge in [-0.3, -0.25) is 10.1 Å². The molecule has 0 amide bonds. The van der Waals surface area contributed by atoms with E-state index in [1.165, 1.54) is 0 Å².